The van der Waals surface area contributed by atoms with Gasteiger partial charge in [-0.1, -0.05) is 23.7 Å². The second-order valence-electron chi connectivity index (χ2n) is 7.66. The summed E-state index contributed by atoms with van der Waals surface area (Å²) >= 11 is 7.32. The van der Waals surface area contributed by atoms with Gasteiger partial charge in [0.1, 0.15) is 4.90 Å². The van der Waals surface area contributed by atoms with E-state index in [2.05, 4.69) is 9.98 Å². The van der Waals surface area contributed by atoms with E-state index in [1.54, 1.807) is 41.4 Å². The van der Waals surface area contributed by atoms with Crippen molar-refractivity contribution in [1.82, 2.24) is 19.2 Å². The Kier molecular flexibility index (Phi) is 7.02. The quantitative estimate of drug-likeness (QED) is 0.395. The number of hydrogen-bond acceptors (Lipinski definition) is 6. The lowest BCUT2D eigenvalue weighted by molar-refractivity contribution is -0.124. The van der Waals surface area contributed by atoms with Crippen LogP contribution in [0, 0.1) is 6.92 Å². The van der Waals surface area contributed by atoms with Crippen LogP contribution in [0.25, 0.3) is 10.8 Å². The molecule has 0 atom stereocenters. The van der Waals surface area contributed by atoms with Crippen LogP contribution in [0.1, 0.15) is 5.69 Å². The summed E-state index contributed by atoms with van der Waals surface area (Å²) in [6, 6.07) is 12.2. The molecule has 0 saturated carbocycles. The Morgan fingerprint density at radius 3 is 2.52 bits per heavy atom. The maximum Gasteiger partial charge on any atom is 0.381 e. The van der Waals surface area contributed by atoms with Gasteiger partial charge < -0.3 is 28.9 Å². The smallest absolute Gasteiger partial charge is 0.381 e. The van der Waals surface area contributed by atoms with E-state index in [1.807, 2.05) is 19.1 Å². The van der Waals surface area contributed by atoms with Crippen LogP contribution in [-0.2, 0) is 14.8 Å². The largest absolute Gasteiger partial charge is 1.00 e. The molecule has 2 aliphatic rings. The lowest BCUT2D eigenvalue weighted by Gasteiger charge is -2.33. The van der Waals surface area contributed by atoms with Gasteiger partial charge in [0.15, 0.2) is 0 Å². The number of pyridine rings is 1. The van der Waals surface area contributed by atoms with E-state index >= 15 is 0 Å². The van der Waals surface area contributed by atoms with E-state index in [0.717, 1.165) is 27.0 Å². The molecule has 33 heavy (non-hydrogen) atoms. The summed E-state index contributed by atoms with van der Waals surface area (Å²) in [7, 11) is -3.66. The number of piperazine rings is 1. The van der Waals surface area contributed by atoms with Crippen LogP contribution in [0.2, 0.25) is 5.02 Å². The van der Waals surface area contributed by atoms with E-state index < -0.39 is 10.0 Å². The molecule has 5 rings (SSSR count). The molecule has 171 valence electrons. The van der Waals surface area contributed by atoms with Crippen LogP contribution < -0.4 is 29.0 Å². The number of aromatic nitrogens is 1. The van der Waals surface area contributed by atoms with Gasteiger partial charge in [-0.25, -0.2) is 8.42 Å². The molecule has 0 aliphatic carbocycles. The molecule has 1 aromatic heterocycles. The number of carbonyl (C=O) groups excluding carboxylic acids is 1. The predicted molar refractivity (Wildman–Crippen MR) is 126 cm³/mol. The third-order valence-corrected chi connectivity index (χ3v) is 8.66. The lowest BCUT2D eigenvalue weighted by atomic mass is 10.1. The SMILES string of the molecule is Cc1cc2c(cn1)SC(C(=O)N1CCN(S(=O)(=O)c3ccc4cc(Cl)ccc4c3)CC1)=[N+]2.[I-]. The number of sulfonamides is 1. The molecular weight excluding hydrogens is 595 g/mol. The highest BCUT2D eigenvalue weighted by molar-refractivity contribution is 8.16. The van der Waals surface area contributed by atoms with E-state index in [-0.39, 0.29) is 47.9 Å². The number of hydrogen-bond donors (Lipinski definition) is 0. The van der Waals surface area contributed by atoms with Crippen molar-refractivity contribution in [3.05, 3.63) is 59.4 Å². The Hall–Kier alpha value is -1.73. The average Bonchev–Trinajstić information content (AvgIpc) is 3.21. The first-order valence-corrected chi connectivity index (χ1v) is 12.7. The maximum absolute atomic E-state index is 13.2. The average molecular weight is 614 g/mol. The summed E-state index contributed by atoms with van der Waals surface area (Å²) in [5, 5.41) is 2.70. The third kappa shape index (κ3) is 4.76. The number of amides is 1. The van der Waals surface area contributed by atoms with Crippen molar-refractivity contribution in [2.75, 3.05) is 26.2 Å². The van der Waals surface area contributed by atoms with Crippen molar-refractivity contribution in [3.63, 3.8) is 0 Å². The molecule has 3 heterocycles. The number of fused-ring (bicyclic) bond motifs is 2. The van der Waals surface area contributed by atoms with Gasteiger partial charge >= 0.3 is 11.0 Å². The number of halogens is 2. The minimum absolute atomic E-state index is 0. The van der Waals surface area contributed by atoms with Crippen molar-refractivity contribution >= 4 is 60.8 Å². The number of carbonyl (C=O) groups is 1. The van der Waals surface area contributed by atoms with Crippen LogP contribution >= 0.6 is 23.4 Å². The molecule has 1 fully saturated rings. The normalized spacial score (nSPS) is 16.3. The second-order valence-corrected chi connectivity index (χ2v) is 11.1. The molecule has 2 aromatic carbocycles. The van der Waals surface area contributed by atoms with Gasteiger partial charge in [-0.2, -0.15) is 4.31 Å². The van der Waals surface area contributed by atoms with E-state index in [0.29, 0.717) is 23.2 Å². The fraction of sp³-hybridized carbons (Fsp3) is 0.227. The molecule has 0 unspecified atom stereocenters. The third-order valence-electron chi connectivity index (χ3n) is 5.53. The fourth-order valence-corrected chi connectivity index (χ4v) is 6.32. The van der Waals surface area contributed by atoms with Gasteiger partial charge in [0, 0.05) is 60.9 Å². The predicted octanol–water partition coefficient (Wildman–Crippen LogP) is 0.205. The summed E-state index contributed by atoms with van der Waals surface area (Å²) in [5.74, 6) is -0.177. The Labute approximate surface area is 218 Å². The second kappa shape index (κ2) is 9.49. The highest BCUT2D eigenvalue weighted by Crippen LogP contribution is 2.33. The number of aliphatic imine (C=N–C) groups is 1. The molecule has 0 N–H and O–H groups in total. The molecular formula is C22H19ClIN4O3S2. The number of aryl methyl sites for hydroxylation is 1. The highest BCUT2D eigenvalue weighted by atomic mass is 127. The minimum Gasteiger partial charge on any atom is -1.00 e. The van der Waals surface area contributed by atoms with Gasteiger partial charge in [-0.05, 0) is 42.0 Å². The zero-order valence-corrected chi connectivity index (χ0v) is 22.1. The Balaban J connectivity index is 0.00000259. The summed E-state index contributed by atoms with van der Waals surface area (Å²) in [4.78, 5) is 24.4. The maximum atomic E-state index is 13.2. The van der Waals surface area contributed by atoms with E-state index in [1.165, 1.54) is 16.1 Å². The number of benzene rings is 2. The molecule has 3 aromatic rings. The van der Waals surface area contributed by atoms with Gasteiger partial charge in [0.05, 0.1) is 9.89 Å². The van der Waals surface area contributed by atoms with Crippen LogP contribution in [0.4, 0.5) is 5.69 Å². The molecule has 1 saturated heterocycles. The molecule has 2 aliphatic heterocycles. The molecule has 7 nitrogen and oxygen atoms in total. The van der Waals surface area contributed by atoms with Gasteiger partial charge in [0.25, 0.3) is 5.69 Å². The topological polar surface area (TPSA) is 84.7 Å². The van der Waals surface area contributed by atoms with Crippen molar-refractivity contribution < 1.29 is 37.2 Å². The van der Waals surface area contributed by atoms with Gasteiger partial charge in [0.2, 0.25) is 10.0 Å². The summed E-state index contributed by atoms with van der Waals surface area (Å²) in [6.07, 6.45) is 1.72. The number of nitrogens with zero attached hydrogens (tertiary/aromatic N) is 4. The zero-order valence-electron chi connectivity index (χ0n) is 17.5. The molecule has 11 heteroatoms. The number of thioether (sulfide) groups is 1. The molecule has 1 amide bonds. The van der Waals surface area contributed by atoms with Crippen molar-refractivity contribution in [2.24, 2.45) is 0 Å². The summed E-state index contributed by atoms with van der Waals surface area (Å²) in [5.41, 5.74) is 1.60. The molecule has 1 radical (unpaired) electrons. The highest BCUT2D eigenvalue weighted by Gasteiger charge is 2.39. The monoisotopic (exact) mass is 613 g/mol. The first kappa shape index (κ1) is 24.4. The molecule has 0 spiro atoms. The first-order chi connectivity index (χ1) is 15.3. The number of rotatable bonds is 3. The minimum atomic E-state index is -3.66. The van der Waals surface area contributed by atoms with Crippen LogP contribution in [-0.4, -0.2) is 59.7 Å². The van der Waals surface area contributed by atoms with E-state index in [4.69, 9.17) is 11.6 Å². The summed E-state index contributed by atoms with van der Waals surface area (Å²) in [6.45, 7) is 2.98. The fourth-order valence-electron chi connectivity index (χ4n) is 3.80. The van der Waals surface area contributed by atoms with Crippen LogP contribution in [0.3, 0.4) is 0 Å². The lowest BCUT2D eigenvalue weighted by Crippen LogP contribution is -3.00. The Bertz CT molecular complexity index is 1390. The van der Waals surface area contributed by atoms with Crippen LogP contribution in [0.15, 0.2) is 58.5 Å². The van der Waals surface area contributed by atoms with Gasteiger partial charge in [-0.15, -0.1) is 0 Å². The Morgan fingerprint density at radius 1 is 1.06 bits per heavy atom. The van der Waals surface area contributed by atoms with Crippen LogP contribution in [0.5, 0.6) is 0 Å². The van der Waals surface area contributed by atoms with Crippen molar-refractivity contribution in [1.29, 1.82) is 0 Å². The Morgan fingerprint density at radius 2 is 1.76 bits per heavy atom. The van der Waals surface area contributed by atoms with Gasteiger partial charge in [-0.3, -0.25) is 9.78 Å². The first-order valence-electron chi connectivity index (χ1n) is 10.0. The summed E-state index contributed by atoms with van der Waals surface area (Å²) < 4.78 is 27.8. The standard InChI is InChI=1S/C22H19ClN4O3S2.HI/c1-14-10-19-20(13-24-14)31-21(25-19)22(28)26-6-8-27(9-7-26)32(29,30)18-5-3-15-11-17(23)4-2-16(15)12-18;/h2-5,10-13H,6-9H2,1H3;1H/q+1;/p-1. The van der Waals surface area contributed by atoms with E-state index in [9.17, 15) is 13.2 Å². The van der Waals surface area contributed by atoms with Crippen molar-refractivity contribution in [2.45, 2.75) is 16.7 Å². The molecule has 0 bridgehead atoms. The van der Waals surface area contributed by atoms with Crippen molar-refractivity contribution in [3.8, 4) is 0 Å². The zero-order chi connectivity index (χ0) is 22.5.